The summed E-state index contributed by atoms with van der Waals surface area (Å²) in [5.41, 5.74) is 2.21. The van der Waals surface area contributed by atoms with Crippen molar-refractivity contribution < 1.29 is 4.74 Å². The smallest absolute Gasteiger partial charge is 0.141 e. The summed E-state index contributed by atoms with van der Waals surface area (Å²) in [6.07, 6.45) is 4.36. The Labute approximate surface area is 127 Å². The van der Waals surface area contributed by atoms with E-state index in [1.165, 1.54) is 18.4 Å². The molecule has 2 aromatic rings. The molecule has 1 heterocycles. The maximum atomic E-state index is 5.91. The molecule has 0 unspecified atom stereocenters. The van der Waals surface area contributed by atoms with Crippen molar-refractivity contribution in [1.82, 2.24) is 10.3 Å². The van der Waals surface area contributed by atoms with Crippen molar-refractivity contribution in [2.75, 3.05) is 0 Å². The summed E-state index contributed by atoms with van der Waals surface area (Å²) in [6, 6.07) is 10.6. The number of aromatic nitrogens is 1. The highest BCUT2D eigenvalue weighted by molar-refractivity contribution is 9.10. The van der Waals surface area contributed by atoms with Crippen molar-refractivity contribution in [2.45, 2.75) is 32.4 Å². The summed E-state index contributed by atoms with van der Waals surface area (Å²) in [7, 11) is 0. The van der Waals surface area contributed by atoms with Crippen LogP contribution in [0.5, 0.6) is 11.5 Å². The van der Waals surface area contributed by atoms with E-state index in [0.717, 1.165) is 28.2 Å². The zero-order valence-corrected chi connectivity index (χ0v) is 13.0. The molecule has 1 N–H and O–H groups in total. The fourth-order valence-electron chi connectivity index (χ4n) is 1.97. The largest absolute Gasteiger partial charge is 0.456 e. The molecule has 0 aliphatic heterocycles. The number of ether oxygens (including phenoxy) is 1. The number of nitrogens with one attached hydrogen (secondary N) is 1. The predicted molar refractivity (Wildman–Crippen MR) is 83.1 cm³/mol. The standard InChI is InChI=1S/C16H17BrN2O/c1-11-2-5-16(15(17)8-11)20-14-6-7-18-13(9-14)10-19-12-3-4-12/h2,5-9,12,19H,3-4,10H2,1H3. The summed E-state index contributed by atoms with van der Waals surface area (Å²) < 4.78 is 6.88. The molecule has 1 aromatic carbocycles. The average molecular weight is 333 g/mol. The number of nitrogens with zero attached hydrogens (tertiary/aromatic N) is 1. The lowest BCUT2D eigenvalue weighted by atomic mass is 10.2. The number of hydrogen-bond acceptors (Lipinski definition) is 3. The van der Waals surface area contributed by atoms with Gasteiger partial charge in [0.1, 0.15) is 11.5 Å². The summed E-state index contributed by atoms with van der Waals surface area (Å²) >= 11 is 3.53. The highest BCUT2D eigenvalue weighted by Crippen LogP contribution is 2.30. The lowest BCUT2D eigenvalue weighted by Crippen LogP contribution is -2.16. The Balaban J connectivity index is 1.70. The van der Waals surface area contributed by atoms with Crippen molar-refractivity contribution in [3.8, 4) is 11.5 Å². The van der Waals surface area contributed by atoms with Gasteiger partial charge in [0.2, 0.25) is 0 Å². The minimum Gasteiger partial charge on any atom is -0.456 e. The second-order valence-corrected chi connectivity index (χ2v) is 6.03. The van der Waals surface area contributed by atoms with Crippen LogP contribution in [0.3, 0.4) is 0 Å². The van der Waals surface area contributed by atoms with E-state index in [-0.39, 0.29) is 0 Å². The van der Waals surface area contributed by atoms with Crippen molar-refractivity contribution in [3.05, 3.63) is 52.3 Å². The van der Waals surface area contributed by atoms with Gasteiger partial charge < -0.3 is 10.1 Å². The average Bonchev–Trinajstić information content (AvgIpc) is 3.24. The first-order chi connectivity index (χ1) is 9.70. The third-order valence-electron chi connectivity index (χ3n) is 3.25. The quantitative estimate of drug-likeness (QED) is 0.891. The van der Waals surface area contributed by atoms with Crippen LogP contribution in [0.2, 0.25) is 0 Å². The summed E-state index contributed by atoms with van der Waals surface area (Å²) in [4.78, 5) is 4.36. The molecule has 0 spiro atoms. The zero-order valence-electron chi connectivity index (χ0n) is 11.4. The third kappa shape index (κ3) is 3.58. The van der Waals surface area contributed by atoms with Crippen LogP contribution >= 0.6 is 15.9 Å². The van der Waals surface area contributed by atoms with E-state index in [0.29, 0.717) is 6.04 Å². The van der Waals surface area contributed by atoms with Crippen LogP contribution in [-0.2, 0) is 6.54 Å². The number of benzene rings is 1. The fraction of sp³-hybridized carbons (Fsp3) is 0.312. The summed E-state index contributed by atoms with van der Waals surface area (Å²) in [5, 5.41) is 3.46. The molecule has 0 bridgehead atoms. The Kier molecular flexibility index (Phi) is 4.03. The van der Waals surface area contributed by atoms with Crippen LogP contribution < -0.4 is 10.1 Å². The van der Waals surface area contributed by atoms with Crippen LogP contribution in [-0.4, -0.2) is 11.0 Å². The number of halogens is 1. The van der Waals surface area contributed by atoms with Gasteiger partial charge in [-0.2, -0.15) is 0 Å². The first-order valence-electron chi connectivity index (χ1n) is 6.83. The highest BCUT2D eigenvalue weighted by atomic mass is 79.9. The van der Waals surface area contributed by atoms with Gasteiger partial charge in [-0.25, -0.2) is 0 Å². The summed E-state index contributed by atoms with van der Waals surface area (Å²) in [6.45, 7) is 2.86. The van der Waals surface area contributed by atoms with Crippen molar-refractivity contribution in [1.29, 1.82) is 0 Å². The fourth-order valence-corrected chi connectivity index (χ4v) is 2.54. The SMILES string of the molecule is Cc1ccc(Oc2ccnc(CNC3CC3)c2)c(Br)c1. The van der Waals surface area contributed by atoms with Crippen molar-refractivity contribution in [3.63, 3.8) is 0 Å². The molecular formula is C16H17BrN2O. The van der Waals surface area contributed by atoms with Gasteiger partial charge in [-0.05, 0) is 59.5 Å². The molecule has 4 heteroatoms. The number of hydrogen-bond donors (Lipinski definition) is 1. The number of aryl methyl sites for hydroxylation is 1. The number of pyridine rings is 1. The Hall–Kier alpha value is -1.39. The van der Waals surface area contributed by atoms with Gasteiger partial charge in [0.05, 0.1) is 10.2 Å². The van der Waals surface area contributed by atoms with E-state index in [1.807, 2.05) is 30.3 Å². The zero-order chi connectivity index (χ0) is 13.9. The molecule has 104 valence electrons. The Morgan fingerprint density at radius 2 is 2.15 bits per heavy atom. The Morgan fingerprint density at radius 3 is 2.90 bits per heavy atom. The lowest BCUT2D eigenvalue weighted by Gasteiger charge is -2.09. The second kappa shape index (κ2) is 5.94. The Morgan fingerprint density at radius 1 is 1.30 bits per heavy atom. The van der Waals surface area contributed by atoms with E-state index in [4.69, 9.17) is 4.74 Å². The molecule has 20 heavy (non-hydrogen) atoms. The molecule has 1 aliphatic rings. The molecule has 1 aromatic heterocycles. The normalized spacial score (nSPS) is 14.3. The molecule has 1 saturated carbocycles. The van der Waals surface area contributed by atoms with E-state index in [2.05, 4.69) is 33.2 Å². The van der Waals surface area contributed by atoms with E-state index >= 15 is 0 Å². The van der Waals surface area contributed by atoms with Crippen LogP contribution in [0, 0.1) is 6.92 Å². The van der Waals surface area contributed by atoms with E-state index in [1.54, 1.807) is 6.20 Å². The molecule has 3 nitrogen and oxygen atoms in total. The highest BCUT2D eigenvalue weighted by Gasteiger charge is 2.20. The maximum absolute atomic E-state index is 5.91. The van der Waals surface area contributed by atoms with Gasteiger partial charge in [-0.15, -0.1) is 0 Å². The lowest BCUT2D eigenvalue weighted by molar-refractivity contribution is 0.477. The molecular weight excluding hydrogens is 316 g/mol. The first-order valence-corrected chi connectivity index (χ1v) is 7.62. The van der Waals surface area contributed by atoms with Gasteiger partial charge in [0.15, 0.2) is 0 Å². The minimum absolute atomic E-state index is 0.688. The maximum Gasteiger partial charge on any atom is 0.141 e. The summed E-state index contributed by atoms with van der Waals surface area (Å²) in [5.74, 6) is 1.64. The molecule has 3 rings (SSSR count). The van der Waals surface area contributed by atoms with E-state index < -0.39 is 0 Å². The van der Waals surface area contributed by atoms with Gasteiger partial charge in [0, 0.05) is 24.8 Å². The van der Waals surface area contributed by atoms with Crippen LogP contribution in [0.4, 0.5) is 0 Å². The van der Waals surface area contributed by atoms with Crippen molar-refractivity contribution in [2.24, 2.45) is 0 Å². The second-order valence-electron chi connectivity index (χ2n) is 5.17. The van der Waals surface area contributed by atoms with Gasteiger partial charge >= 0.3 is 0 Å². The van der Waals surface area contributed by atoms with Crippen molar-refractivity contribution >= 4 is 15.9 Å². The molecule has 0 amide bonds. The molecule has 1 fully saturated rings. The molecule has 0 saturated heterocycles. The molecule has 1 aliphatic carbocycles. The van der Waals surface area contributed by atoms with Gasteiger partial charge in [0.25, 0.3) is 0 Å². The van der Waals surface area contributed by atoms with Crippen LogP contribution in [0.25, 0.3) is 0 Å². The number of rotatable bonds is 5. The van der Waals surface area contributed by atoms with Gasteiger partial charge in [-0.3, -0.25) is 4.98 Å². The van der Waals surface area contributed by atoms with Crippen LogP contribution in [0.15, 0.2) is 41.0 Å². The molecule has 0 radical (unpaired) electrons. The monoisotopic (exact) mass is 332 g/mol. The Bertz CT molecular complexity index is 611. The minimum atomic E-state index is 0.688. The van der Waals surface area contributed by atoms with Gasteiger partial charge in [-0.1, -0.05) is 6.07 Å². The predicted octanol–water partition coefficient (Wildman–Crippen LogP) is 4.20. The first kappa shape index (κ1) is 13.6. The molecule has 0 atom stereocenters. The third-order valence-corrected chi connectivity index (χ3v) is 3.87. The van der Waals surface area contributed by atoms with Crippen LogP contribution in [0.1, 0.15) is 24.1 Å². The topological polar surface area (TPSA) is 34.1 Å². The van der Waals surface area contributed by atoms with E-state index in [9.17, 15) is 0 Å².